The van der Waals surface area contributed by atoms with Crippen molar-refractivity contribution in [3.63, 3.8) is 0 Å². The summed E-state index contributed by atoms with van der Waals surface area (Å²) >= 11 is 1.58. The summed E-state index contributed by atoms with van der Waals surface area (Å²) in [5.74, 6) is 5.33. The predicted octanol–water partition coefficient (Wildman–Crippen LogP) is 2.27. The molecule has 0 saturated heterocycles. The summed E-state index contributed by atoms with van der Waals surface area (Å²) in [5.41, 5.74) is 2.49. The maximum Gasteiger partial charge on any atom is 0.228 e. The topological polar surface area (TPSA) is 49.3 Å². The zero-order valence-corrected chi connectivity index (χ0v) is 11.0. The number of aliphatic hydroxyl groups is 1. The predicted molar refractivity (Wildman–Crippen MR) is 77.1 cm³/mol. The van der Waals surface area contributed by atoms with E-state index >= 15 is 0 Å². The van der Waals surface area contributed by atoms with Crippen molar-refractivity contribution in [3.8, 4) is 11.8 Å². The van der Waals surface area contributed by atoms with E-state index in [0.717, 1.165) is 11.1 Å². The first kappa shape index (κ1) is 13.3. The molecule has 2 aromatic rings. The van der Waals surface area contributed by atoms with Crippen LogP contribution in [0.2, 0.25) is 0 Å². The number of benzene rings is 1. The minimum Gasteiger partial charge on any atom is -0.384 e. The molecule has 0 bridgehead atoms. The van der Waals surface area contributed by atoms with Gasteiger partial charge in [0.25, 0.3) is 0 Å². The van der Waals surface area contributed by atoms with Crippen LogP contribution in [0.1, 0.15) is 11.1 Å². The van der Waals surface area contributed by atoms with Crippen molar-refractivity contribution in [3.05, 3.63) is 52.2 Å². The second-order valence-corrected chi connectivity index (χ2v) is 4.68. The maximum absolute atomic E-state index is 11.8. The number of anilines is 1. The average Bonchev–Trinajstić information content (AvgIpc) is 2.89. The van der Waals surface area contributed by atoms with Crippen molar-refractivity contribution in [2.24, 2.45) is 0 Å². The highest BCUT2D eigenvalue weighted by Gasteiger charge is 2.04. The molecule has 1 amide bonds. The largest absolute Gasteiger partial charge is 0.384 e. The number of thiophene rings is 1. The third-order valence-electron chi connectivity index (χ3n) is 2.40. The lowest BCUT2D eigenvalue weighted by atomic mass is 10.2. The monoisotopic (exact) mass is 271 g/mol. The van der Waals surface area contributed by atoms with Crippen LogP contribution in [0.15, 0.2) is 41.1 Å². The van der Waals surface area contributed by atoms with E-state index < -0.39 is 0 Å². The molecule has 0 unspecified atom stereocenters. The van der Waals surface area contributed by atoms with Crippen molar-refractivity contribution in [1.82, 2.24) is 0 Å². The lowest BCUT2D eigenvalue weighted by Crippen LogP contribution is -2.13. The SMILES string of the molecule is O=C(Cc1ccsc1)Nc1cccc(C#CCO)c1. The molecule has 0 aliphatic heterocycles. The van der Waals surface area contributed by atoms with Gasteiger partial charge in [-0.3, -0.25) is 4.79 Å². The van der Waals surface area contributed by atoms with Crippen LogP contribution >= 0.6 is 11.3 Å². The third-order valence-corrected chi connectivity index (χ3v) is 3.13. The molecule has 4 heteroatoms. The Hall–Kier alpha value is -2.09. The lowest BCUT2D eigenvalue weighted by Gasteiger charge is -2.04. The van der Waals surface area contributed by atoms with Gasteiger partial charge in [0, 0.05) is 11.3 Å². The van der Waals surface area contributed by atoms with Gasteiger partial charge in [0.1, 0.15) is 6.61 Å². The Balaban J connectivity index is 2.00. The first-order valence-electron chi connectivity index (χ1n) is 5.78. The summed E-state index contributed by atoms with van der Waals surface area (Å²) in [5, 5.41) is 15.4. The average molecular weight is 271 g/mol. The fraction of sp³-hybridized carbons (Fsp3) is 0.133. The third kappa shape index (κ3) is 4.25. The molecular formula is C15H13NO2S. The van der Waals surface area contributed by atoms with Crippen LogP contribution in [0.3, 0.4) is 0 Å². The number of amides is 1. The summed E-state index contributed by atoms with van der Waals surface area (Å²) in [6.45, 7) is -0.172. The minimum atomic E-state index is -0.172. The van der Waals surface area contributed by atoms with Crippen LogP contribution in [0, 0.1) is 11.8 Å². The van der Waals surface area contributed by atoms with E-state index in [1.165, 1.54) is 0 Å². The van der Waals surface area contributed by atoms with Crippen LogP contribution in [0.4, 0.5) is 5.69 Å². The molecule has 2 N–H and O–H groups in total. The number of carbonyl (C=O) groups excluding carboxylic acids is 1. The van der Waals surface area contributed by atoms with Crippen LogP contribution in [0.25, 0.3) is 0 Å². The summed E-state index contributed by atoms with van der Waals surface area (Å²) < 4.78 is 0. The first-order valence-corrected chi connectivity index (χ1v) is 6.73. The van der Waals surface area contributed by atoms with Crippen molar-refractivity contribution in [1.29, 1.82) is 0 Å². The summed E-state index contributed by atoms with van der Waals surface area (Å²) in [6, 6.07) is 9.19. The standard InChI is InChI=1S/C15H13NO2S/c17-7-2-4-12-3-1-5-14(9-12)16-15(18)10-13-6-8-19-11-13/h1,3,5-6,8-9,11,17H,7,10H2,(H,16,18). The molecular weight excluding hydrogens is 258 g/mol. The van der Waals surface area contributed by atoms with E-state index in [2.05, 4.69) is 17.2 Å². The Labute approximate surface area is 115 Å². The fourth-order valence-electron chi connectivity index (χ4n) is 1.60. The van der Waals surface area contributed by atoms with Crippen molar-refractivity contribution in [2.75, 3.05) is 11.9 Å². The van der Waals surface area contributed by atoms with Gasteiger partial charge in [-0.25, -0.2) is 0 Å². The van der Waals surface area contributed by atoms with Gasteiger partial charge in [0.2, 0.25) is 5.91 Å². The van der Waals surface area contributed by atoms with Gasteiger partial charge in [-0.15, -0.1) is 0 Å². The molecule has 2 rings (SSSR count). The molecule has 3 nitrogen and oxygen atoms in total. The zero-order chi connectivity index (χ0) is 13.5. The molecule has 0 aliphatic rings. The molecule has 0 saturated carbocycles. The molecule has 0 spiro atoms. The molecule has 1 aromatic heterocycles. The quantitative estimate of drug-likeness (QED) is 0.841. The second kappa shape index (κ2) is 6.74. The fourth-order valence-corrected chi connectivity index (χ4v) is 2.27. The normalized spacial score (nSPS) is 9.53. The minimum absolute atomic E-state index is 0.0503. The summed E-state index contributed by atoms with van der Waals surface area (Å²) in [7, 11) is 0. The number of carbonyl (C=O) groups is 1. The van der Waals surface area contributed by atoms with E-state index in [9.17, 15) is 4.79 Å². The highest BCUT2D eigenvalue weighted by Crippen LogP contribution is 2.12. The lowest BCUT2D eigenvalue weighted by molar-refractivity contribution is -0.115. The number of aliphatic hydroxyl groups excluding tert-OH is 1. The Morgan fingerprint density at radius 3 is 3.00 bits per heavy atom. The van der Waals surface area contributed by atoms with Crippen LogP contribution in [-0.2, 0) is 11.2 Å². The Morgan fingerprint density at radius 1 is 1.37 bits per heavy atom. The Bertz CT molecular complexity index is 609. The number of hydrogen-bond donors (Lipinski definition) is 2. The first-order chi connectivity index (χ1) is 9.28. The molecule has 0 fully saturated rings. The molecule has 1 heterocycles. The van der Waals surface area contributed by atoms with E-state index in [-0.39, 0.29) is 12.5 Å². The molecule has 19 heavy (non-hydrogen) atoms. The van der Waals surface area contributed by atoms with E-state index in [4.69, 9.17) is 5.11 Å². The van der Waals surface area contributed by atoms with Gasteiger partial charge >= 0.3 is 0 Å². The van der Waals surface area contributed by atoms with Gasteiger partial charge in [-0.05, 0) is 40.6 Å². The number of hydrogen-bond acceptors (Lipinski definition) is 3. The van der Waals surface area contributed by atoms with E-state index in [1.807, 2.05) is 35.0 Å². The van der Waals surface area contributed by atoms with Gasteiger partial charge in [-0.1, -0.05) is 17.9 Å². The van der Waals surface area contributed by atoms with Gasteiger partial charge in [-0.2, -0.15) is 11.3 Å². The van der Waals surface area contributed by atoms with Crippen molar-refractivity contribution < 1.29 is 9.90 Å². The second-order valence-electron chi connectivity index (χ2n) is 3.90. The maximum atomic E-state index is 11.8. The molecule has 96 valence electrons. The smallest absolute Gasteiger partial charge is 0.228 e. The van der Waals surface area contributed by atoms with E-state index in [0.29, 0.717) is 12.1 Å². The summed E-state index contributed by atoms with van der Waals surface area (Å²) in [6.07, 6.45) is 0.371. The highest BCUT2D eigenvalue weighted by molar-refractivity contribution is 7.08. The molecule has 1 aromatic carbocycles. The van der Waals surface area contributed by atoms with Crippen LogP contribution in [-0.4, -0.2) is 17.6 Å². The Kier molecular flexibility index (Phi) is 4.73. The molecule has 0 radical (unpaired) electrons. The zero-order valence-electron chi connectivity index (χ0n) is 10.2. The van der Waals surface area contributed by atoms with Gasteiger partial charge < -0.3 is 10.4 Å². The highest BCUT2D eigenvalue weighted by atomic mass is 32.1. The Morgan fingerprint density at radius 2 is 2.26 bits per heavy atom. The van der Waals surface area contributed by atoms with E-state index in [1.54, 1.807) is 17.4 Å². The van der Waals surface area contributed by atoms with Crippen molar-refractivity contribution >= 4 is 22.9 Å². The van der Waals surface area contributed by atoms with Crippen LogP contribution < -0.4 is 5.32 Å². The number of rotatable bonds is 3. The van der Waals surface area contributed by atoms with Crippen LogP contribution in [0.5, 0.6) is 0 Å². The molecule has 0 aliphatic carbocycles. The van der Waals surface area contributed by atoms with Gasteiger partial charge in [0.05, 0.1) is 6.42 Å². The number of nitrogens with one attached hydrogen (secondary N) is 1. The molecule has 0 atom stereocenters. The summed E-state index contributed by atoms with van der Waals surface area (Å²) in [4.78, 5) is 11.8. The van der Waals surface area contributed by atoms with Gasteiger partial charge in [0.15, 0.2) is 0 Å². The van der Waals surface area contributed by atoms with Crippen molar-refractivity contribution in [2.45, 2.75) is 6.42 Å².